The van der Waals surface area contributed by atoms with Crippen molar-refractivity contribution in [1.29, 1.82) is 0 Å². The molecule has 3 aliphatic carbocycles. The molecule has 0 bridgehead atoms. The normalized spacial score (nSPS) is 25.5. The number of halogens is 2. The minimum absolute atomic E-state index is 0.0351. The number of fused-ring (bicyclic) bond motifs is 3. The third-order valence-corrected chi connectivity index (χ3v) is 8.71. The summed E-state index contributed by atoms with van der Waals surface area (Å²) in [6.45, 7) is -1.70. The Morgan fingerprint density at radius 2 is 1.98 bits per heavy atom. The SMILES string of the molecule is COc1ccc(-c2cc(CNC(F)CF)c(O)c3c2CC2CC4C(N(C)C)C(O)=C(C(N)=O)C(=O)C4(O)C(O)=C2C3=O)cn1. The number of phenols is 1. The highest BCUT2D eigenvalue weighted by atomic mass is 19.2. The molecule has 5 atom stereocenters. The summed E-state index contributed by atoms with van der Waals surface area (Å²) < 4.78 is 31.7. The second-order valence-corrected chi connectivity index (χ2v) is 11.3. The molecule has 12 nitrogen and oxygen atoms in total. The van der Waals surface area contributed by atoms with Crippen molar-refractivity contribution in [2.24, 2.45) is 17.6 Å². The second-order valence-electron chi connectivity index (χ2n) is 11.3. The number of ether oxygens (including phenoxy) is 1. The molecule has 0 aliphatic heterocycles. The number of aliphatic hydroxyl groups is 3. The number of nitrogens with two attached hydrogens (primary N) is 1. The molecule has 0 radical (unpaired) electrons. The van der Waals surface area contributed by atoms with Crippen molar-refractivity contribution < 1.29 is 48.3 Å². The number of ketones is 2. The van der Waals surface area contributed by atoms with Gasteiger partial charge in [0.05, 0.1) is 18.7 Å². The number of hydrogen-bond donors (Lipinski definition) is 6. The monoisotopic (exact) mass is 614 g/mol. The highest BCUT2D eigenvalue weighted by Gasteiger charge is 2.63. The van der Waals surface area contributed by atoms with E-state index < -0.39 is 76.8 Å². The zero-order valence-corrected chi connectivity index (χ0v) is 24.1. The Hall–Kier alpha value is -4.40. The predicted octanol–water partition coefficient (Wildman–Crippen LogP) is 1.55. The molecular weight excluding hydrogens is 582 g/mol. The molecular formula is C30H32F2N4O8. The lowest BCUT2D eigenvalue weighted by atomic mass is 9.58. The smallest absolute Gasteiger partial charge is 0.255 e. The first-order chi connectivity index (χ1) is 20.8. The zero-order chi connectivity index (χ0) is 32.2. The summed E-state index contributed by atoms with van der Waals surface area (Å²) in [5.74, 6) is -7.47. The van der Waals surface area contributed by atoms with Crippen molar-refractivity contribution in [2.75, 3.05) is 27.9 Å². The fourth-order valence-corrected chi connectivity index (χ4v) is 6.70. The highest BCUT2D eigenvalue weighted by Crippen LogP contribution is 2.53. The van der Waals surface area contributed by atoms with Crippen LogP contribution in [-0.4, -0.2) is 93.6 Å². The number of aliphatic hydroxyl groups excluding tert-OH is 2. The average molecular weight is 615 g/mol. The van der Waals surface area contributed by atoms with Crippen LogP contribution in [-0.2, 0) is 22.6 Å². The van der Waals surface area contributed by atoms with Gasteiger partial charge in [-0.1, -0.05) is 0 Å². The van der Waals surface area contributed by atoms with Crippen LogP contribution < -0.4 is 15.8 Å². The quantitative estimate of drug-likeness (QED) is 0.186. The Balaban J connectivity index is 1.72. The molecule has 0 spiro atoms. The fourth-order valence-electron chi connectivity index (χ4n) is 6.70. The number of phenolic OH excluding ortho intramolecular Hbond substituents is 1. The topological polar surface area (TPSA) is 196 Å². The first-order valence-corrected chi connectivity index (χ1v) is 13.7. The van der Waals surface area contributed by atoms with Crippen LogP contribution in [0.5, 0.6) is 11.6 Å². The van der Waals surface area contributed by atoms with E-state index in [1.807, 2.05) is 0 Å². The van der Waals surface area contributed by atoms with E-state index in [4.69, 9.17) is 10.5 Å². The summed E-state index contributed by atoms with van der Waals surface area (Å²) in [6, 6.07) is 3.64. The van der Waals surface area contributed by atoms with Crippen molar-refractivity contribution in [1.82, 2.24) is 15.2 Å². The molecule has 1 aromatic carbocycles. The van der Waals surface area contributed by atoms with Gasteiger partial charge in [0.25, 0.3) is 5.91 Å². The van der Waals surface area contributed by atoms with Crippen molar-refractivity contribution in [3.05, 3.63) is 63.8 Å². The Morgan fingerprint density at radius 3 is 2.55 bits per heavy atom. The minimum atomic E-state index is -2.79. The Morgan fingerprint density at radius 1 is 1.27 bits per heavy atom. The largest absolute Gasteiger partial charge is 0.510 e. The molecule has 2 aromatic rings. The Kier molecular flexibility index (Phi) is 7.95. The minimum Gasteiger partial charge on any atom is -0.510 e. The summed E-state index contributed by atoms with van der Waals surface area (Å²) >= 11 is 0. The van der Waals surface area contributed by atoms with Crippen LogP contribution in [0.1, 0.15) is 27.9 Å². The second kappa shape index (κ2) is 11.3. The van der Waals surface area contributed by atoms with E-state index in [9.17, 15) is 43.6 Å². The summed E-state index contributed by atoms with van der Waals surface area (Å²) in [5, 5.41) is 47.8. The number of methoxy groups -OCH3 is 1. The number of carbonyl (C=O) groups is 3. The lowest BCUT2D eigenvalue weighted by Gasteiger charge is -2.50. The lowest BCUT2D eigenvalue weighted by Crippen LogP contribution is -2.63. The van der Waals surface area contributed by atoms with Crippen LogP contribution >= 0.6 is 0 Å². The molecule has 5 unspecified atom stereocenters. The van der Waals surface area contributed by atoms with E-state index in [0.29, 0.717) is 22.6 Å². The molecule has 1 aromatic heterocycles. The number of benzene rings is 1. The van der Waals surface area contributed by atoms with Gasteiger partial charge in [-0.2, -0.15) is 0 Å². The van der Waals surface area contributed by atoms with Crippen LogP contribution in [0.2, 0.25) is 0 Å². The van der Waals surface area contributed by atoms with E-state index >= 15 is 0 Å². The van der Waals surface area contributed by atoms with Gasteiger partial charge < -0.3 is 30.9 Å². The maximum Gasteiger partial charge on any atom is 0.255 e. The molecule has 14 heteroatoms. The van der Waals surface area contributed by atoms with Crippen molar-refractivity contribution in [3.63, 3.8) is 0 Å². The number of alkyl halides is 2. The van der Waals surface area contributed by atoms with Crippen LogP contribution in [0.3, 0.4) is 0 Å². The van der Waals surface area contributed by atoms with E-state index in [1.165, 1.54) is 24.3 Å². The number of nitrogens with zero attached hydrogens (tertiary/aromatic N) is 2. The van der Waals surface area contributed by atoms with Gasteiger partial charge in [0, 0.05) is 41.4 Å². The van der Waals surface area contributed by atoms with Gasteiger partial charge in [-0.15, -0.1) is 0 Å². The number of primary amides is 1. The molecule has 0 saturated heterocycles. The molecule has 44 heavy (non-hydrogen) atoms. The van der Waals surface area contributed by atoms with Gasteiger partial charge >= 0.3 is 0 Å². The van der Waals surface area contributed by atoms with Gasteiger partial charge in [0.15, 0.2) is 17.7 Å². The molecule has 0 fully saturated rings. The van der Waals surface area contributed by atoms with Crippen molar-refractivity contribution in [3.8, 4) is 22.8 Å². The Bertz CT molecular complexity index is 1620. The average Bonchev–Trinajstić information content (AvgIpc) is 2.98. The highest BCUT2D eigenvalue weighted by molar-refractivity contribution is 6.25. The predicted molar refractivity (Wildman–Crippen MR) is 151 cm³/mol. The van der Waals surface area contributed by atoms with Crippen LogP contribution in [0.4, 0.5) is 8.78 Å². The molecule has 1 amide bonds. The zero-order valence-electron chi connectivity index (χ0n) is 24.1. The first kappa shape index (κ1) is 31.0. The van der Waals surface area contributed by atoms with E-state index in [2.05, 4.69) is 10.3 Å². The molecule has 1 heterocycles. The van der Waals surface area contributed by atoms with E-state index in [0.717, 1.165) is 0 Å². The number of allylic oxidation sites excluding steroid dienone is 1. The van der Waals surface area contributed by atoms with Gasteiger partial charge in [-0.25, -0.2) is 13.8 Å². The van der Waals surface area contributed by atoms with Crippen LogP contribution in [0.25, 0.3) is 11.1 Å². The van der Waals surface area contributed by atoms with E-state index in [-0.39, 0.29) is 36.1 Å². The molecule has 7 N–H and O–H groups in total. The number of aromatic hydroxyl groups is 1. The Labute approximate surface area is 250 Å². The molecule has 5 rings (SSSR count). The van der Waals surface area contributed by atoms with Crippen LogP contribution in [0.15, 0.2) is 47.1 Å². The maximum atomic E-state index is 14.2. The van der Waals surface area contributed by atoms with Gasteiger partial charge in [0.2, 0.25) is 11.7 Å². The van der Waals surface area contributed by atoms with E-state index in [1.54, 1.807) is 26.2 Å². The first-order valence-electron chi connectivity index (χ1n) is 13.7. The molecule has 0 saturated carbocycles. The standard InChI is InChI=1S/C30H32F2N4O8/c1-36(2)23-17-8-13-6-16-15(12-4-5-19(44-3)35-10-12)7-14(11-34-18(32)9-31)24(37)21(16)25(38)20(13)27(40)30(17,43)28(41)22(26(23)39)29(33)42/h4-5,7,10,13,17-18,23,34,37,39-40,43H,6,8-9,11H2,1-3H3,(H2,33,42). The summed E-state index contributed by atoms with van der Waals surface area (Å²) in [4.78, 5) is 45.5. The van der Waals surface area contributed by atoms with Crippen molar-refractivity contribution in [2.45, 2.75) is 37.3 Å². The van der Waals surface area contributed by atoms with Gasteiger partial charge in [0.1, 0.15) is 29.5 Å². The number of aromatic nitrogens is 1. The fraction of sp³-hybridized carbons (Fsp3) is 0.400. The summed E-state index contributed by atoms with van der Waals surface area (Å²) in [6.07, 6.45) is -0.617. The summed E-state index contributed by atoms with van der Waals surface area (Å²) in [5.41, 5.74) is 2.43. The number of carbonyl (C=O) groups excluding carboxylic acids is 3. The number of pyridine rings is 1. The van der Waals surface area contributed by atoms with Crippen LogP contribution in [0, 0.1) is 11.8 Å². The van der Waals surface area contributed by atoms with Crippen molar-refractivity contribution >= 4 is 17.5 Å². The summed E-state index contributed by atoms with van der Waals surface area (Å²) in [7, 11) is 4.52. The molecule has 3 aliphatic rings. The van der Waals surface area contributed by atoms with Gasteiger partial charge in [-0.3, -0.25) is 24.6 Å². The molecule has 234 valence electrons. The maximum absolute atomic E-state index is 14.2. The third kappa shape index (κ3) is 4.60. The number of rotatable bonds is 8. The van der Waals surface area contributed by atoms with Gasteiger partial charge in [-0.05, 0) is 56.1 Å². The number of amides is 1. The lowest BCUT2D eigenvalue weighted by molar-refractivity contribution is -0.148. The number of likely N-dealkylation sites (N-methyl/N-ethyl adjacent to an activating group) is 1. The number of Topliss-reactive ketones (excluding diaryl/α,β-unsaturated/α-hetero) is 2. The third-order valence-electron chi connectivity index (χ3n) is 8.71. The number of nitrogens with one attached hydrogen (secondary N) is 1. The number of hydrogen-bond acceptors (Lipinski definition) is 11.